The number of amides is 1. The summed E-state index contributed by atoms with van der Waals surface area (Å²) in [7, 11) is 0. The largest absolute Gasteiger partial charge is 0.461 e. The molecular weight excluding hydrogens is 146 g/mol. The van der Waals surface area contributed by atoms with Gasteiger partial charge in [0, 0.05) is 13.3 Å². The summed E-state index contributed by atoms with van der Waals surface area (Å²) in [5.74, 6) is -0.520. The van der Waals surface area contributed by atoms with E-state index >= 15 is 0 Å². The Morgan fingerprint density at radius 1 is 1.73 bits per heavy atom. The van der Waals surface area contributed by atoms with Crippen LogP contribution in [0.25, 0.3) is 0 Å². The first-order valence-electron chi connectivity index (χ1n) is 3.57. The molecule has 2 atom stereocenters. The van der Waals surface area contributed by atoms with E-state index in [9.17, 15) is 9.59 Å². The Morgan fingerprint density at radius 2 is 2.36 bits per heavy atom. The van der Waals surface area contributed by atoms with Crippen molar-refractivity contribution in [3.05, 3.63) is 0 Å². The molecule has 0 unspecified atom stereocenters. The summed E-state index contributed by atoms with van der Waals surface area (Å²) in [4.78, 5) is 21.4. The van der Waals surface area contributed by atoms with Crippen molar-refractivity contribution in [3.63, 3.8) is 0 Å². The van der Waals surface area contributed by atoms with E-state index in [2.05, 4.69) is 5.32 Å². The number of carbonyl (C=O) groups is 2. The number of rotatable bonds is 1. The van der Waals surface area contributed by atoms with Crippen LogP contribution in [0.4, 0.5) is 0 Å². The normalized spacial score (nSPS) is 29.8. The predicted molar refractivity (Wildman–Crippen MR) is 37.8 cm³/mol. The molecule has 1 heterocycles. The number of nitrogens with one attached hydrogen (secondary N) is 1. The monoisotopic (exact) mass is 157 g/mol. The Morgan fingerprint density at radius 3 is 2.73 bits per heavy atom. The van der Waals surface area contributed by atoms with Crippen LogP contribution in [-0.4, -0.2) is 24.0 Å². The summed E-state index contributed by atoms with van der Waals surface area (Å²) in [6.45, 7) is 3.19. The molecule has 0 saturated carbocycles. The molecule has 0 spiro atoms. The fourth-order valence-electron chi connectivity index (χ4n) is 1.12. The second-order valence-electron chi connectivity index (χ2n) is 2.74. The molecule has 11 heavy (non-hydrogen) atoms. The molecule has 1 aliphatic rings. The maximum absolute atomic E-state index is 10.9. The summed E-state index contributed by atoms with van der Waals surface area (Å²) in [5.41, 5.74) is 0. The van der Waals surface area contributed by atoms with Crippen LogP contribution in [0.15, 0.2) is 0 Å². The van der Waals surface area contributed by atoms with Gasteiger partial charge in [-0.3, -0.25) is 4.79 Å². The van der Waals surface area contributed by atoms with Crippen LogP contribution in [-0.2, 0) is 14.3 Å². The van der Waals surface area contributed by atoms with E-state index in [1.54, 1.807) is 6.92 Å². The molecule has 0 aromatic carbocycles. The first-order chi connectivity index (χ1) is 5.09. The van der Waals surface area contributed by atoms with Crippen molar-refractivity contribution < 1.29 is 14.3 Å². The number of ether oxygens (including phenoxy) is 1. The zero-order valence-electron chi connectivity index (χ0n) is 6.59. The fourth-order valence-corrected chi connectivity index (χ4v) is 1.12. The molecule has 1 N–H and O–H groups in total. The summed E-state index contributed by atoms with van der Waals surface area (Å²) in [5, 5.41) is 2.51. The quantitative estimate of drug-likeness (QED) is 0.537. The van der Waals surface area contributed by atoms with Gasteiger partial charge in [-0.2, -0.15) is 0 Å². The lowest BCUT2D eigenvalue weighted by Crippen LogP contribution is -2.36. The van der Waals surface area contributed by atoms with E-state index in [4.69, 9.17) is 4.74 Å². The van der Waals surface area contributed by atoms with Crippen molar-refractivity contribution in [2.45, 2.75) is 32.4 Å². The molecule has 62 valence electrons. The van der Waals surface area contributed by atoms with Gasteiger partial charge in [-0.15, -0.1) is 0 Å². The Hall–Kier alpha value is -1.06. The van der Waals surface area contributed by atoms with Gasteiger partial charge in [-0.1, -0.05) is 0 Å². The number of hydrogen-bond acceptors (Lipinski definition) is 3. The smallest absolute Gasteiger partial charge is 0.329 e. The minimum absolute atomic E-state index is 0.0700. The lowest BCUT2D eigenvalue weighted by molar-refractivity contribution is -0.143. The highest BCUT2D eigenvalue weighted by molar-refractivity contribution is 5.84. The highest BCUT2D eigenvalue weighted by atomic mass is 16.6. The lowest BCUT2D eigenvalue weighted by Gasteiger charge is -2.04. The number of cyclic esters (lactones) is 1. The van der Waals surface area contributed by atoms with Gasteiger partial charge in [-0.05, 0) is 6.92 Å². The molecule has 4 heteroatoms. The molecule has 0 radical (unpaired) electrons. The van der Waals surface area contributed by atoms with Crippen LogP contribution in [0.2, 0.25) is 0 Å². The molecule has 0 aliphatic carbocycles. The van der Waals surface area contributed by atoms with Gasteiger partial charge < -0.3 is 10.1 Å². The fraction of sp³-hybridized carbons (Fsp3) is 0.714. The van der Waals surface area contributed by atoms with Gasteiger partial charge in [0.15, 0.2) is 0 Å². The molecule has 1 aliphatic heterocycles. The molecule has 1 fully saturated rings. The number of esters is 1. The van der Waals surface area contributed by atoms with Crippen molar-refractivity contribution in [1.29, 1.82) is 0 Å². The second kappa shape index (κ2) is 2.90. The predicted octanol–water partition coefficient (Wildman–Crippen LogP) is -0.173. The third-order valence-corrected chi connectivity index (χ3v) is 1.55. The molecule has 0 aromatic heterocycles. The van der Waals surface area contributed by atoms with Crippen molar-refractivity contribution in [2.75, 3.05) is 0 Å². The van der Waals surface area contributed by atoms with Crippen molar-refractivity contribution in [2.24, 2.45) is 0 Å². The SMILES string of the molecule is CC(=O)N[C@H]1C[C@H](C)OC1=O. The van der Waals surface area contributed by atoms with Gasteiger partial charge in [0.2, 0.25) is 5.91 Å². The maximum atomic E-state index is 10.9. The molecular formula is C7H11NO3. The average molecular weight is 157 g/mol. The lowest BCUT2D eigenvalue weighted by atomic mass is 10.2. The Balaban J connectivity index is 2.47. The highest BCUT2D eigenvalue weighted by Gasteiger charge is 2.31. The number of carbonyl (C=O) groups excluding carboxylic acids is 2. The van der Waals surface area contributed by atoms with Crippen LogP contribution < -0.4 is 5.32 Å². The van der Waals surface area contributed by atoms with E-state index in [0.717, 1.165) is 0 Å². The third-order valence-electron chi connectivity index (χ3n) is 1.55. The molecule has 0 bridgehead atoms. The molecule has 1 rings (SSSR count). The zero-order chi connectivity index (χ0) is 8.43. The standard InChI is InChI=1S/C7H11NO3/c1-4-3-6(7(10)11-4)8-5(2)9/h4,6H,3H2,1-2H3,(H,8,9)/t4-,6-/m0/s1. The molecule has 1 amide bonds. The van der Waals surface area contributed by atoms with Gasteiger partial charge in [0.05, 0.1) is 0 Å². The molecule has 0 aromatic rings. The van der Waals surface area contributed by atoms with E-state index in [1.165, 1.54) is 6.92 Å². The maximum Gasteiger partial charge on any atom is 0.329 e. The number of hydrogen-bond donors (Lipinski definition) is 1. The summed E-state index contributed by atoms with van der Waals surface area (Å²) in [6, 6.07) is -0.428. The average Bonchev–Trinajstić information content (AvgIpc) is 2.09. The second-order valence-corrected chi connectivity index (χ2v) is 2.74. The first-order valence-corrected chi connectivity index (χ1v) is 3.57. The van der Waals surface area contributed by atoms with Crippen LogP contribution in [0.3, 0.4) is 0 Å². The Bertz CT molecular complexity index is 190. The van der Waals surface area contributed by atoms with E-state index in [0.29, 0.717) is 6.42 Å². The minimum atomic E-state index is -0.428. The van der Waals surface area contributed by atoms with Gasteiger partial charge in [0.25, 0.3) is 0 Å². The van der Waals surface area contributed by atoms with E-state index in [1.807, 2.05) is 0 Å². The Labute approximate surface area is 64.9 Å². The van der Waals surface area contributed by atoms with Crippen LogP contribution in [0, 0.1) is 0 Å². The van der Waals surface area contributed by atoms with E-state index < -0.39 is 6.04 Å². The first kappa shape index (κ1) is 8.04. The van der Waals surface area contributed by atoms with Crippen LogP contribution in [0.5, 0.6) is 0 Å². The van der Waals surface area contributed by atoms with Gasteiger partial charge in [-0.25, -0.2) is 4.79 Å². The van der Waals surface area contributed by atoms with Crippen molar-refractivity contribution in [1.82, 2.24) is 5.32 Å². The van der Waals surface area contributed by atoms with Crippen LogP contribution >= 0.6 is 0 Å². The summed E-state index contributed by atoms with van der Waals surface area (Å²) >= 11 is 0. The highest BCUT2D eigenvalue weighted by Crippen LogP contribution is 2.13. The summed E-state index contributed by atoms with van der Waals surface area (Å²) < 4.78 is 4.82. The summed E-state index contributed by atoms with van der Waals surface area (Å²) in [6.07, 6.45) is 0.512. The van der Waals surface area contributed by atoms with Crippen molar-refractivity contribution >= 4 is 11.9 Å². The minimum Gasteiger partial charge on any atom is -0.461 e. The molecule has 4 nitrogen and oxygen atoms in total. The van der Waals surface area contributed by atoms with Gasteiger partial charge in [0.1, 0.15) is 12.1 Å². The zero-order valence-corrected chi connectivity index (χ0v) is 6.59. The van der Waals surface area contributed by atoms with E-state index in [-0.39, 0.29) is 18.0 Å². The third kappa shape index (κ3) is 1.93. The van der Waals surface area contributed by atoms with Crippen LogP contribution in [0.1, 0.15) is 20.3 Å². The topological polar surface area (TPSA) is 55.4 Å². The van der Waals surface area contributed by atoms with Crippen molar-refractivity contribution in [3.8, 4) is 0 Å². The van der Waals surface area contributed by atoms with Gasteiger partial charge >= 0.3 is 5.97 Å². The molecule has 1 saturated heterocycles. The Kier molecular flexibility index (Phi) is 2.12.